The highest BCUT2D eigenvalue weighted by Gasteiger charge is 2.13. The van der Waals surface area contributed by atoms with Gasteiger partial charge in [0.2, 0.25) is 0 Å². The van der Waals surface area contributed by atoms with E-state index >= 15 is 0 Å². The van der Waals surface area contributed by atoms with Crippen LogP contribution in [0.5, 0.6) is 0 Å². The highest BCUT2D eigenvalue weighted by Crippen LogP contribution is 2.06. The molecule has 1 rings (SSSR count). The minimum atomic E-state index is -0.417. The maximum atomic E-state index is 11.7. The van der Waals surface area contributed by atoms with Crippen molar-refractivity contribution < 1.29 is 4.79 Å². The highest BCUT2D eigenvalue weighted by atomic mass is 16.1. The van der Waals surface area contributed by atoms with E-state index in [9.17, 15) is 4.79 Å². The zero-order chi connectivity index (χ0) is 11.8. The fourth-order valence-corrected chi connectivity index (χ4v) is 1.38. The summed E-state index contributed by atoms with van der Waals surface area (Å²) < 4.78 is 0. The third-order valence-corrected chi connectivity index (χ3v) is 2.35. The van der Waals surface area contributed by atoms with Gasteiger partial charge in [0.05, 0.1) is 12.5 Å². The zero-order valence-electron chi connectivity index (χ0n) is 9.30. The van der Waals surface area contributed by atoms with Crippen molar-refractivity contribution in [1.82, 2.24) is 4.98 Å². The lowest BCUT2D eigenvalue weighted by molar-refractivity contribution is -0.116. The summed E-state index contributed by atoms with van der Waals surface area (Å²) >= 11 is 0. The van der Waals surface area contributed by atoms with Crippen molar-refractivity contribution in [3.63, 3.8) is 0 Å². The Hall–Kier alpha value is -1.26. The number of nitrogens with two attached hydrogens (primary N) is 2. The number of aromatic nitrogens is 1. The number of rotatable bonds is 7. The Morgan fingerprint density at radius 2 is 2.06 bits per heavy atom. The van der Waals surface area contributed by atoms with E-state index in [0.29, 0.717) is 13.0 Å². The molecule has 0 saturated carbocycles. The molecule has 16 heavy (non-hydrogen) atoms. The minimum absolute atomic E-state index is 0.0387. The smallest absolute Gasteiger partial charge is 0.158 e. The summed E-state index contributed by atoms with van der Waals surface area (Å²) in [6, 6.07) is 3.15. The molecule has 1 atom stereocenters. The summed E-state index contributed by atoms with van der Waals surface area (Å²) in [6.45, 7) is 0.648. The first-order valence-corrected chi connectivity index (χ1v) is 5.48. The van der Waals surface area contributed by atoms with Gasteiger partial charge in [-0.05, 0) is 37.1 Å². The van der Waals surface area contributed by atoms with E-state index in [4.69, 9.17) is 11.5 Å². The molecule has 0 amide bonds. The van der Waals surface area contributed by atoms with Crippen molar-refractivity contribution >= 4 is 5.78 Å². The quantitative estimate of drug-likeness (QED) is 0.661. The molecule has 0 aliphatic carbocycles. The van der Waals surface area contributed by atoms with Gasteiger partial charge in [0.25, 0.3) is 0 Å². The molecule has 4 heteroatoms. The molecule has 4 N–H and O–H groups in total. The zero-order valence-corrected chi connectivity index (χ0v) is 9.30. The van der Waals surface area contributed by atoms with Crippen LogP contribution < -0.4 is 11.5 Å². The van der Waals surface area contributed by atoms with Crippen molar-refractivity contribution in [3.05, 3.63) is 36.5 Å². The second-order valence-corrected chi connectivity index (χ2v) is 3.72. The summed E-state index contributed by atoms with van der Waals surface area (Å²) in [5.41, 5.74) is 12.0. The number of carbonyl (C=O) groups is 1. The molecule has 0 aromatic carbocycles. The van der Waals surface area contributed by atoms with Crippen LogP contribution in [0.25, 0.3) is 0 Å². The fraction of sp³-hybridized carbons (Fsp3) is 0.417. The Balaban J connectivity index is 2.34. The van der Waals surface area contributed by atoms with Gasteiger partial charge in [0.1, 0.15) is 0 Å². The van der Waals surface area contributed by atoms with E-state index in [1.54, 1.807) is 30.9 Å². The Morgan fingerprint density at radius 1 is 1.38 bits per heavy atom. The van der Waals surface area contributed by atoms with Gasteiger partial charge in [0, 0.05) is 12.4 Å². The molecule has 0 bridgehead atoms. The summed E-state index contributed by atoms with van der Waals surface area (Å²) in [5, 5.41) is 0. The second kappa shape index (κ2) is 7.09. The van der Waals surface area contributed by atoms with Crippen LogP contribution in [-0.2, 0) is 4.79 Å². The van der Waals surface area contributed by atoms with Crippen LogP contribution in [0.15, 0.2) is 24.5 Å². The maximum Gasteiger partial charge on any atom is 0.158 e. The van der Waals surface area contributed by atoms with Gasteiger partial charge in [-0.15, -0.1) is 0 Å². The fourth-order valence-electron chi connectivity index (χ4n) is 1.38. The lowest BCUT2D eigenvalue weighted by Crippen LogP contribution is -2.30. The van der Waals surface area contributed by atoms with Crippen molar-refractivity contribution in [2.45, 2.75) is 25.3 Å². The van der Waals surface area contributed by atoms with Gasteiger partial charge >= 0.3 is 0 Å². The Bertz CT molecular complexity index is 313. The van der Waals surface area contributed by atoms with Crippen LogP contribution in [0.4, 0.5) is 0 Å². The molecule has 1 heterocycles. The molecule has 1 aromatic rings. The Kier molecular flexibility index (Phi) is 5.67. The van der Waals surface area contributed by atoms with Crippen LogP contribution in [0.1, 0.15) is 24.8 Å². The first-order valence-electron chi connectivity index (χ1n) is 5.48. The SMILES string of the molecule is NCCCC[C@@H](N)C(=O)[CH]c1ccncc1. The third kappa shape index (κ3) is 4.51. The Labute approximate surface area is 96.0 Å². The third-order valence-electron chi connectivity index (χ3n) is 2.35. The molecular weight excluding hydrogens is 202 g/mol. The number of hydrogen-bond donors (Lipinski definition) is 2. The molecule has 0 unspecified atom stereocenters. The van der Waals surface area contributed by atoms with Crippen molar-refractivity contribution in [2.24, 2.45) is 11.5 Å². The average Bonchev–Trinajstić information content (AvgIpc) is 2.30. The van der Waals surface area contributed by atoms with Crippen LogP contribution in [0.2, 0.25) is 0 Å². The van der Waals surface area contributed by atoms with Crippen molar-refractivity contribution in [2.75, 3.05) is 6.54 Å². The molecule has 0 fully saturated rings. The number of ketones is 1. The van der Waals surface area contributed by atoms with E-state index in [-0.39, 0.29) is 5.78 Å². The van der Waals surface area contributed by atoms with Crippen LogP contribution in [0, 0.1) is 6.42 Å². The molecule has 0 aliphatic rings. The van der Waals surface area contributed by atoms with Gasteiger partial charge < -0.3 is 11.5 Å². The lowest BCUT2D eigenvalue weighted by atomic mass is 10.0. The summed E-state index contributed by atoms with van der Waals surface area (Å²) in [5.74, 6) is -0.0387. The van der Waals surface area contributed by atoms with Gasteiger partial charge in [0.15, 0.2) is 5.78 Å². The van der Waals surface area contributed by atoms with Crippen LogP contribution in [-0.4, -0.2) is 23.4 Å². The number of carbonyl (C=O) groups excluding carboxylic acids is 1. The summed E-state index contributed by atoms with van der Waals surface area (Å²) in [4.78, 5) is 15.6. The molecule has 4 nitrogen and oxygen atoms in total. The van der Waals surface area contributed by atoms with E-state index in [1.165, 1.54) is 0 Å². The normalized spacial score (nSPS) is 12.4. The molecule has 0 aliphatic heterocycles. The lowest BCUT2D eigenvalue weighted by Gasteiger charge is -2.09. The number of nitrogens with zero attached hydrogens (tertiary/aromatic N) is 1. The van der Waals surface area contributed by atoms with Crippen LogP contribution >= 0.6 is 0 Å². The molecule has 1 aromatic heterocycles. The van der Waals surface area contributed by atoms with E-state index < -0.39 is 6.04 Å². The average molecular weight is 220 g/mol. The second-order valence-electron chi connectivity index (χ2n) is 3.72. The number of unbranched alkanes of at least 4 members (excludes halogenated alkanes) is 1. The van der Waals surface area contributed by atoms with Crippen molar-refractivity contribution in [1.29, 1.82) is 0 Å². The first-order chi connectivity index (χ1) is 7.74. The molecule has 1 radical (unpaired) electrons. The minimum Gasteiger partial charge on any atom is -0.330 e. The van der Waals surface area contributed by atoms with Gasteiger partial charge in [-0.25, -0.2) is 0 Å². The maximum absolute atomic E-state index is 11.7. The summed E-state index contributed by atoms with van der Waals surface area (Å²) in [6.07, 6.45) is 7.37. The highest BCUT2D eigenvalue weighted by molar-refractivity contribution is 5.94. The number of pyridine rings is 1. The molecular formula is C12H18N3O. The van der Waals surface area contributed by atoms with Crippen molar-refractivity contribution in [3.8, 4) is 0 Å². The van der Waals surface area contributed by atoms with Gasteiger partial charge in [-0.2, -0.15) is 0 Å². The molecule has 0 saturated heterocycles. The topological polar surface area (TPSA) is 82.0 Å². The summed E-state index contributed by atoms with van der Waals surface area (Å²) in [7, 11) is 0. The predicted molar refractivity (Wildman–Crippen MR) is 63.5 cm³/mol. The first kappa shape index (κ1) is 12.8. The number of hydrogen-bond acceptors (Lipinski definition) is 4. The molecule has 87 valence electrons. The number of Topliss-reactive ketones (excluding diaryl/α,β-unsaturated/α-hetero) is 1. The Morgan fingerprint density at radius 3 is 2.69 bits per heavy atom. The predicted octanol–water partition coefficient (Wildman–Crippen LogP) is 0.659. The van der Waals surface area contributed by atoms with E-state index in [1.807, 2.05) is 0 Å². The van der Waals surface area contributed by atoms with E-state index in [2.05, 4.69) is 4.98 Å². The van der Waals surface area contributed by atoms with Gasteiger partial charge in [-0.3, -0.25) is 9.78 Å². The molecule has 0 spiro atoms. The van der Waals surface area contributed by atoms with Crippen LogP contribution in [0.3, 0.4) is 0 Å². The standard InChI is InChI=1S/C12H18N3O/c13-6-2-1-3-11(14)12(16)9-10-4-7-15-8-5-10/h4-5,7-9,11H,1-3,6,13-14H2/t11-/m1/s1. The van der Waals surface area contributed by atoms with Gasteiger partial charge in [-0.1, -0.05) is 6.42 Å². The largest absolute Gasteiger partial charge is 0.330 e. The monoisotopic (exact) mass is 220 g/mol. The van der Waals surface area contributed by atoms with E-state index in [0.717, 1.165) is 18.4 Å².